The zero-order valence-electron chi connectivity index (χ0n) is 31.5. The van der Waals surface area contributed by atoms with Gasteiger partial charge in [-0.3, -0.25) is 9.59 Å². The highest BCUT2D eigenvalue weighted by Crippen LogP contribution is 2.38. The number of carbonyl (C=O) groups is 3. The van der Waals surface area contributed by atoms with Crippen molar-refractivity contribution in [3.05, 3.63) is 139 Å². The molecule has 2 amide bonds. The Hall–Kier alpha value is -6.56. The Morgan fingerprint density at radius 1 is 0.944 bits per heavy atom. The molecule has 6 rings (SSSR count). The molecule has 0 spiro atoms. The molecular formula is C42H45FN6O5. The highest BCUT2D eigenvalue weighted by molar-refractivity contribution is 6.03. The number of aryl methyl sites for hydroxylation is 2. The van der Waals surface area contributed by atoms with E-state index >= 15 is 0 Å². The SMILES string of the molecule is CC(=O)N(/C=C(\C)C(=O)Nc1ccc(Oc2cc(-c3cn(C)cn3)cn3nccc23)c(OCc2ccccc2)c1)C(C)C.CC=O.Cc1ccc(F)cc1. The molecule has 0 unspecified atom stereocenters. The van der Waals surface area contributed by atoms with Crippen LogP contribution in [0.1, 0.15) is 45.7 Å². The highest BCUT2D eigenvalue weighted by Gasteiger charge is 2.17. The molecule has 0 aliphatic carbocycles. The fourth-order valence-corrected chi connectivity index (χ4v) is 5.05. The Labute approximate surface area is 314 Å². The fraction of sp³-hybridized carbons (Fsp3) is 0.214. The number of benzene rings is 3. The number of nitrogens with one attached hydrogen (secondary N) is 1. The molecule has 3 aromatic heterocycles. The molecule has 6 aromatic rings. The molecular weight excluding hydrogens is 687 g/mol. The summed E-state index contributed by atoms with van der Waals surface area (Å²) in [5, 5.41) is 7.32. The van der Waals surface area contributed by atoms with Gasteiger partial charge >= 0.3 is 0 Å². The maximum absolute atomic E-state index is 13.0. The average molecular weight is 733 g/mol. The summed E-state index contributed by atoms with van der Waals surface area (Å²) in [6.07, 6.45) is 9.59. The van der Waals surface area contributed by atoms with Gasteiger partial charge in [0.15, 0.2) is 17.2 Å². The van der Waals surface area contributed by atoms with Crippen molar-refractivity contribution in [1.82, 2.24) is 24.1 Å². The first-order chi connectivity index (χ1) is 25.9. The van der Waals surface area contributed by atoms with Gasteiger partial charge in [0.25, 0.3) is 5.91 Å². The number of amides is 2. The van der Waals surface area contributed by atoms with Crippen LogP contribution < -0.4 is 14.8 Å². The Morgan fingerprint density at radius 2 is 1.65 bits per heavy atom. The molecule has 3 aromatic carbocycles. The van der Waals surface area contributed by atoms with Gasteiger partial charge in [-0.05, 0) is 76.6 Å². The monoisotopic (exact) mass is 732 g/mol. The van der Waals surface area contributed by atoms with Gasteiger partial charge in [-0.25, -0.2) is 13.9 Å². The second kappa shape index (κ2) is 19.3. The molecule has 0 saturated carbocycles. The number of imidazole rings is 1. The number of anilines is 1. The summed E-state index contributed by atoms with van der Waals surface area (Å²) in [6, 6.07) is 25.1. The van der Waals surface area contributed by atoms with Crippen LogP contribution in [0.15, 0.2) is 122 Å². The molecule has 1 N–H and O–H groups in total. The number of fused-ring (bicyclic) bond motifs is 1. The summed E-state index contributed by atoms with van der Waals surface area (Å²) in [4.78, 5) is 39.8. The first kappa shape index (κ1) is 40.2. The normalized spacial score (nSPS) is 10.8. The summed E-state index contributed by atoms with van der Waals surface area (Å²) in [5.41, 5.74) is 5.38. The Morgan fingerprint density at radius 3 is 2.26 bits per heavy atom. The van der Waals surface area contributed by atoms with Crippen LogP contribution in [0.3, 0.4) is 0 Å². The fourth-order valence-electron chi connectivity index (χ4n) is 5.05. The van der Waals surface area contributed by atoms with Crippen molar-refractivity contribution in [2.24, 2.45) is 7.05 Å². The van der Waals surface area contributed by atoms with Crippen molar-refractivity contribution in [2.75, 3.05) is 5.32 Å². The number of pyridine rings is 1. The third kappa shape index (κ3) is 11.5. The molecule has 0 radical (unpaired) electrons. The minimum atomic E-state index is -0.335. The molecule has 3 heterocycles. The van der Waals surface area contributed by atoms with Crippen molar-refractivity contribution >= 4 is 29.3 Å². The van der Waals surface area contributed by atoms with E-state index in [0.717, 1.165) is 34.2 Å². The molecule has 280 valence electrons. The van der Waals surface area contributed by atoms with Gasteiger partial charge in [0.1, 0.15) is 24.2 Å². The number of nitrogens with zero attached hydrogens (tertiary/aromatic N) is 5. The average Bonchev–Trinajstić information content (AvgIpc) is 3.81. The lowest BCUT2D eigenvalue weighted by molar-refractivity contribution is -0.127. The van der Waals surface area contributed by atoms with Crippen molar-refractivity contribution < 1.29 is 28.2 Å². The number of aldehydes is 1. The lowest BCUT2D eigenvalue weighted by atomic mass is 10.2. The number of halogens is 1. The maximum Gasteiger partial charge on any atom is 0.252 e. The van der Waals surface area contributed by atoms with Gasteiger partial charge < -0.3 is 29.1 Å². The standard InChI is InChI=1S/C33H34N6O4.C7H7F.C2H4O/c1-22(2)38(24(4)40)17-23(3)33(41)36-27-11-12-30(32(16-27)42-20-25-9-7-6-8-10-25)43-31-15-26(28-19-37(5)21-34-28)18-39-29(31)13-14-35-39;1-6-2-4-7(8)5-3-6;1-2-3/h6-19,21-22H,20H2,1-5H3,(H,36,41);2-5H,1H3;2H,1H3/b23-17+;;. The van der Waals surface area contributed by atoms with Gasteiger partial charge in [-0.2, -0.15) is 5.10 Å². The van der Waals surface area contributed by atoms with Gasteiger partial charge in [0.2, 0.25) is 5.91 Å². The molecule has 0 atom stereocenters. The largest absolute Gasteiger partial charge is 0.485 e. The van der Waals surface area contributed by atoms with Gasteiger partial charge in [-0.15, -0.1) is 0 Å². The van der Waals surface area contributed by atoms with Crippen LogP contribution in [0.5, 0.6) is 17.2 Å². The van der Waals surface area contributed by atoms with Crippen LogP contribution >= 0.6 is 0 Å². The Balaban J connectivity index is 0.000000511. The van der Waals surface area contributed by atoms with E-state index in [9.17, 15) is 14.0 Å². The predicted octanol–water partition coefficient (Wildman–Crippen LogP) is 8.54. The second-order valence-electron chi connectivity index (χ2n) is 12.5. The van der Waals surface area contributed by atoms with E-state index in [4.69, 9.17) is 14.3 Å². The molecule has 11 nitrogen and oxygen atoms in total. The summed E-state index contributed by atoms with van der Waals surface area (Å²) in [7, 11) is 1.91. The molecule has 0 bridgehead atoms. The van der Waals surface area contributed by atoms with E-state index in [-0.39, 0.29) is 23.7 Å². The van der Waals surface area contributed by atoms with Crippen LogP contribution in [0.2, 0.25) is 0 Å². The Bertz CT molecular complexity index is 2170. The lowest BCUT2D eigenvalue weighted by Gasteiger charge is -2.22. The first-order valence-electron chi connectivity index (χ1n) is 17.2. The molecule has 0 aliphatic heterocycles. The number of rotatable bonds is 10. The molecule has 0 saturated heterocycles. The number of carbonyl (C=O) groups excluding carboxylic acids is 3. The van der Waals surface area contributed by atoms with Crippen LogP contribution in [0, 0.1) is 12.7 Å². The van der Waals surface area contributed by atoms with Crippen LogP contribution in [-0.2, 0) is 28.0 Å². The minimum absolute atomic E-state index is 0.0758. The van der Waals surface area contributed by atoms with E-state index in [0.29, 0.717) is 35.1 Å². The predicted molar refractivity (Wildman–Crippen MR) is 208 cm³/mol. The quantitative estimate of drug-likeness (QED) is 0.111. The molecule has 12 heteroatoms. The topological polar surface area (TPSA) is 120 Å². The van der Waals surface area contributed by atoms with Crippen LogP contribution in [0.4, 0.5) is 10.1 Å². The van der Waals surface area contributed by atoms with E-state index in [1.807, 2.05) is 87.2 Å². The Kier molecular flexibility index (Phi) is 14.4. The third-order valence-electron chi connectivity index (χ3n) is 7.75. The first-order valence-corrected chi connectivity index (χ1v) is 17.2. The molecule has 54 heavy (non-hydrogen) atoms. The summed E-state index contributed by atoms with van der Waals surface area (Å²) >= 11 is 0. The maximum atomic E-state index is 13.0. The zero-order chi connectivity index (χ0) is 39.2. The minimum Gasteiger partial charge on any atom is -0.485 e. The summed E-state index contributed by atoms with van der Waals surface area (Å²) < 4.78 is 28.4. The van der Waals surface area contributed by atoms with E-state index in [1.165, 1.54) is 30.9 Å². The van der Waals surface area contributed by atoms with E-state index in [1.54, 1.807) is 60.5 Å². The van der Waals surface area contributed by atoms with Gasteiger partial charge in [0.05, 0.1) is 18.2 Å². The summed E-state index contributed by atoms with van der Waals surface area (Å²) in [5.74, 6) is 0.828. The van der Waals surface area contributed by atoms with E-state index in [2.05, 4.69) is 15.4 Å². The van der Waals surface area contributed by atoms with Crippen molar-refractivity contribution in [3.8, 4) is 28.5 Å². The van der Waals surface area contributed by atoms with Crippen LogP contribution in [-0.4, -0.2) is 48.2 Å². The molecule has 0 aliphatic rings. The van der Waals surface area contributed by atoms with Gasteiger partial charge in [-0.1, -0.05) is 48.0 Å². The van der Waals surface area contributed by atoms with Crippen molar-refractivity contribution in [1.29, 1.82) is 0 Å². The third-order valence-corrected chi connectivity index (χ3v) is 7.75. The van der Waals surface area contributed by atoms with E-state index < -0.39 is 0 Å². The van der Waals surface area contributed by atoms with Crippen LogP contribution in [0.25, 0.3) is 16.8 Å². The van der Waals surface area contributed by atoms with Gasteiger partial charge in [0, 0.05) is 61.5 Å². The molecule has 0 fully saturated rings. The highest BCUT2D eigenvalue weighted by atomic mass is 19.1. The lowest BCUT2D eigenvalue weighted by Crippen LogP contribution is -2.31. The summed E-state index contributed by atoms with van der Waals surface area (Å²) in [6.45, 7) is 10.6. The number of hydrogen-bond donors (Lipinski definition) is 1. The zero-order valence-corrected chi connectivity index (χ0v) is 31.5. The number of hydrogen-bond acceptors (Lipinski definition) is 7. The second-order valence-corrected chi connectivity index (χ2v) is 12.5. The van der Waals surface area contributed by atoms with Crippen molar-refractivity contribution in [3.63, 3.8) is 0 Å². The number of aromatic nitrogens is 4. The van der Waals surface area contributed by atoms with Crippen molar-refractivity contribution in [2.45, 2.75) is 54.2 Å². The smallest absolute Gasteiger partial charge is 0.252 e. The number of ether oxygens (including phenoxy) is 2.